The zero-order valence-electron chi connectivity index (χ0n) is 15.4. The molecule has 4 heterocycles. The molecule has 1 fully saturated rings. The number of hydrogen-bond donors (Lipinski definition) is 1. The number of fused-ring (bicyclic) bond motifs is 1. The van der Waals surface area contributed by atoms with Crippen molar-refractivity contribution in [3.8, 4) is 0 Å². The lowest BCUT2D eigenvalue weighted by molar-refractivity contribution is -0.126. The summed E-state index contributed by atoms with van der Waals surface area (Å²) in [5.41, 5.74) is 6.49. The monoisotopic (exact) mass is 380 g/mol. The second kappa shape index (κ2) is 8.48. The van der Waals surface area contributed by atoms with Crippen LogP contribution in [0.15, 0.2) is 34.8 Å². The summed E-state index contributed by atoms with van der Waals surface area (Å²) in [4.78, 5) is 23.3. The number of nitrogens with one attached hydrogen (secondary N) is 1. The molecule has 27 heavy (non-hydrogen) atoms. The Kier molecular flexibility index (Phi) is 5.63. The fourth-order valence-electron chi connectivity index (χ4n) is 3.55. The molecule has 1 N–H and O–H groups in total. The molecule has 2 aliphatic rings. The van der Waals surface area contributed by atoms with Crippen molar-refractivity contribution in [2.24, 2.45) is 0 Å². The third-order valence-corrected chi connectivity index (χ3v) is 5.70. The minimum Gasteiger partial charge on any atom is -0.370 e. The zero-order chi connectivity index (χ0) is 18.5. The van der Waals surface area contributed by atoms with Gasteiger partial charge in [0.1, 0.15) is 5.82 Å². The Morgan fingerprint density at radius 1 is 1.19 bits per heavy atom. The first-order valence-electron chi connectivity index (χ1n) is 9.55. The summed E-state index contributed by atoms with van der Waals surface area (Å²) in [6.45, 7) is 2.53. The molecule has 0 unspecified atom stereocenters. The normalized spacial score (nSPS) is 17.3. The highest BCUT2D eigenvalue weighted by Crippen LogP contribution is 2.22. The number of hydrogen-bond acceptors (Lipinski definition) is 5. The van der Waals surface area contributed by atoms with Crippen LogP contribution in [0.1, 0.15) is 42.5 Å². The van der Waals surface area contributed by atoms with Gasteiger partial charge in [-0.25, -0.2) is 9.97 Å². The Hall–Kier alpha value is -2.47. The predicted molar refractivity (Wildman–Crippen MR) is 111 cm³/mol. The van der Waals surface area contributed by atoms with Gasteiger partial charge in [-0.05, 0) is 61.4 Å². The van der Waals surface area contributed by atoms with E-state index in [0.717, 1.165) is 56.0 Å². The van der Waals surface area contributed by atoms with Crippen LogP contribution in [0.25, 0.3) is 12.2 Å². The highest BCUT2D eigenvalue weighted by Gasteiger charge is 2.17. The molecular formula is C21H24N4OS. The molecule has 0 radical (unpaired) electrons. The Morgan fingerprint density at radius 3 is 2.89 bits per heavy atom. The smallest absolute Gasteiger partial charge is 0.246 e. The second-order valence-electron chi connectivity index (χ2n) is 7.03. The van der Waals surface area contributed by atoms with Crippen molar-refractivity contribution in [3.63, 3.8) is 0 Å². The number of aromatic nitrogens is 2. The molecule has 6 heteroatoms. The highest BCUT2D eigenvalue weighted by molar-refractivity contribution is 7.07. The standard InChI is InChI=1S/C21H24N4OS/c26-20(25-9-6-16(7-10-25)12-19-14-27-15-24-19)5-4-17-11-18-3-1-2-8-22-21(18)23-13-17/h4-5,11-15H,1-3,6-10H2,(H,22,23). The zero-order valence-corrected chi connectivity index (χ0v) is 16.2. The van der Waals surface area contributed by atoms with Gasteiger partial charge in [0, 0.05) is 37.3 Å². The van der Waals surface area contributed by atoms with Crippen LogP contribution in [0.3, 0.4) is 0 Å². The van der Waals surface area contributed by atoms with E-state index in [0.29, 0.717) is 0 Å². The summed E-state index contributed by atoms with van der Waals surface area (Å²) < 4.78 is 0. The molecular weight excluding hydrogens is 356 g/mol. The first-order chi connectivity index (χ1) is 13.3. The number of nitrogens with zero attached hydrogens (tertiary/aromatic N) is 3. The van der Waals surface area contributed by atoms with Crippen LogP contribution in [0.5, 0.6) is 0 Å². The molecule has 0 bridgehead atoms. The van der Waals surface area contributed by atoms with Crippen molar-refractivity contribution < 1.29 is 4.79 Å². The fraction of sp³-hybridized carbons (Fsp3) is 0.381. The third-order valence-electron chi connectivity index (χ3n) is 5.09. The molecule has 2 aromatic rings. The van der Waals surface area contributed by atoms with E-state index in [2.05, 4.69) is 32.8 Å². The second-order valence-corrected chi connectivity index (χ2v) is 7.75. The first kappa shape index (κ1) is 17.9. The van der Waals surface area contributed by atoms with Crippen LogP contribution in [0, 0.1) is 0 Å². The number of pyridine rings is 1. The van der Waals surface area contributed by atoms with Crippen molar-refractivity contribution >= 4 is 35.2 Å². The number of carbonyl (C=O) groups excluding carboxylic acids is 1. The molecule has 0 aliphatic carbocycles. The molecule has 0 atom stereocenters. The summed E-state index contributed by atoms with van der Waals surface area (Å²) in [6, 6.07) is 2.15. The lowest BCUT2D eigenvalue weighted by Gasteiger charge is -2.27. The van der Waals surface area contributed by atoms with Gasteiger partial charge in [-0.15, -0.1) is 11.3 Å². The molecule has 2 aliphatic heterocycles. The van der Waals surface area contributed by atoms with E-state index in [1.807, 2.05) is 22.7 Å². The van der Waals surface area contributed by atoms with E-state index >= 15 is 0 Å². The topological polar surface area (TPSA) is 58.1 Å². The van der Waals surface area contributed by atoms with Crippen LogP contribution in [0.2, 0.25) is 0 Å². The SMILES string of the molecule is O=C(C=Cc1cnc2c(c1)CCCCN2)N1CCC(=Cc2cscn2)CC1. The van der Waals surface area contributed by atoms with Gasteiger partial charge in [-0.1, -0.05) is 5.57 Å². The van der Waals surface area contributed by atoms with Crippen LogP contribution >= 0.6 is 11.3 Å². The number of anilines is 1. The van der Waals surface area contributed by atoms with Gasteiger partial charge in [-0.3, -0.25) is 4.79 Å². The van der Waals surface area contributed by atoms with E-state index < -0.39 is 0 Å². The fourth-order valence-corrected chi connectivity index (χ4v) is 4.06. The third kappa shape index (κ3) is 4.63. The largest absolute Gasteiger partial charge is 0.370 e. The van der Waals surface area contributed by atoms with Crippen LogP contribution in [0.4, 0.5) is 5.82 Å². The Labute approximate surface area is 163 Å². The molecule has 4 rings (SSSR count). The minimum atomic E-state index is 0.0794. The van der Waals surface area contributed by atoms with Crippen molar-refractivity contribution in [1.82, 2.24) is 14.9 Å². The summed E-state index contributed by atoms with van der Waals surface area (Å²) >= 11 is 1.61. The summed E-state index contributed by atoms with van der Waals surface area (Å²) in [7, 11) is 0. The number of piperidine rings is 1. The van der Waals surface area contributed by atoms with Crippen LogP contribution < -0.4 is 5.32 Å². The lowest BCUT2D eigenvalue weighted by atomic mass is 10.0. The van der Waals surface area contributed by atoms with Crippen molar-refractivity contribution in [3.05, 3.63) is 51.6 Å². The van der Waals surface area contributed by atoms with E-state index in [1.165, 1.54) is 24.0 Å². The van der Waals surface area contributed by atoms with Crippen molar-refractivity contribution in [2.45, 2.75) is 32.1 Å². The summed E-state index contributed by atoms with van der Waals surface area (Å²) in [5.74, 6) is 1.07. The average Bonchev–Trinajstić information content (AvgIpc) is 3.09. The maximum absolute atomic E-state index is 12.5. The van der Waals surface area contributed by atoms with Crippen molar-refractivity contribution in [1.29, 1.82) is 0 Å². The molecule has 0 spiro atoms. The molecule has 2 aromatic heterocycles. The number of carbonyl (C=O) groups is 1. The summed E-state index contributed by atoms with van der Waals surface area (Å²) in [6.07, 6.45) is 12.8. The number of likely N-dealkylation sites (tertiary alicyclic amines) is 1. The van der Waals surface area contributed by atoms with E-state index in [-0.39, 0.29) is 5.91 Å². The van der Waals surface area contributed by atoms with Crippen molar-refractivity contribution in [2.75, 3.05) is 25.0 Å². The highest BCUT2D eigenvalue weighted by atomic mass is 32.1. The van der Waals surface area contributed by atoms with Gasteiger partial charge in [0.05, 0.1) is 11.2 Å². The molecule has 0 saturated carbocycles. The van der Waals surface area contributed by atoms with Gasteiger partial charge in [0.15, 0.2) is 0 Å². The maximum Gasteiger partial charge on any atom is 0.246 e. The average molecular weight is 381 g/mol. The molecule has 5 nitrogen and oxygen atoms in total. The van der Waals surface area contributed by atoms with E-state index in [4.69, 9.17) is 0 Å². The Bertz CT molecular complexity index is 847. The lowest BCUT2D eigenvalue weighted by Crippen LogP contribution is -2.35. The van der Waals surface area contributed by atoms with Gasteiger partial charge >= 0.3 is 0 Å². The van der Waals surface area contributed by atoms with Gasteiger partial charge in [-0.2, -0.15) is 0 Å². The minimum absolute atomic E-state index is 0.0794. The van der Waals surface area contributed by atoms with Crippen LogP contribution in [-0.4, -0.2) is 40.4 Å². The first-order valence-corrected chi connectivity index (χ1v) is 10.5. The number of rotatable bonds is 3. The Morgan fingerprint density at radius 2 is 2.07 bits per heavy atom. The van der Waals surface area contributed by atoms with E-state index in [9.17, 15) is 4.79 Å². The molecule has 140 valence electrons. The maximum atomic E-state index is 12.5. The van der Waals surface area contributed by atoms with Gasteiger partial charge in [0.25, 0.3) is 0 Å². The molecule has 0 aromatic carbocycles. The summed E-state index contributed by atoms with van der Waals surface area (Å²) in [5, 5.41) is 5.42. The number of aryl methyl sites for hydroxylation is 1. The quantitative estimate of drug-likeness (QED) is 0.818. The van der Waals surface area contributed by atoms with Gasteiger partial charge in [0.2, 0.25) is 5.91 Å². The molecule has 1 amide bonds. The van der Waals surface area contributed by atoms with E-state index in [1.54, 1.807) is 17.4 Å². The predicted octanol–water partition coefficient (Wildman–Crippen LogP) is 4.01. The Balaban J connectivity index is 1.35. The van der Waals surface area contributed by atoms with Crippen LogP contribution in [-0.2, 0) is 11.2 Å². The number of thiazole rings is 1. The number of amides is 1. The van der Waals surface area contributed by atoms with Gasteiger partial charge < -0.3 is 10.2 Å². The molecule has 1 saturated heterocycles.